The molecule has 0 aliphatic heterocycles. The van der Waals surface area contributed by atoms with Gasteiger partial charge in [0.05, 0.1) is 35.7 Å². The summed E-state index contributed by atoms with van der Waals surface area (Å²) in [5, 5.41) is 7.86. The largest absolute Gasteiger partial charge is 0.496 e. The van der Waals surface area contributed by atoms with Gasteiger partial charge >= 0.3 is 11.7 Å². The zero-order valence-corrected chi connectivity index (χ0v) is 18.5. The van der Waals surface area contributed by atoms with Crippen LogP contribution >= 0.6 is 0 Å². The van der Waals surface area contributed by atoms with Crippen molar-refractivity contribution >= 4 is 29.0 Å². The van der Waals surface area contributed by atoms with Gasteiger partial charge in [-0.15, -0.1) is 4.68 Å². The lowest BCUT2D eigenvalue weighted by Crippen LogP contribution is -2.47. The lowest BCUT2D eigenvalue weighted by atomic mass is 9.94. The van der Waals surface area contributed by atoms with Crippen LogP contribution in [0.15, 0.2) is 47.5 Å². The van der Waals surface area contributed by atoms with Crippen molar-refractivity contribution in [1.82, 2.24) is 29.8 Å². The molecule has 0 saturated heterocycles. The Hall–Kier alpha value is -4.28. The lowest BCUT2D eigenvalue weighted by molar-refractivity contribution is 0.112. The van der Waals surface area contributed by atoms with Gasteiger partial charge in [0.25, 0.3) is 0 Å². The number of nitrogens with one attached hydrogen (secondary N) is 1. The third-order valence-corrected chi connectivity index (χ3v) is 6.19. The number of aromatic nitrogens is 6. The maximum Gasteiger partial charge on any atom is 0.377 e. The molecule has 0 bridgehead atoms. The molecule has 1 aliphatic carbocycles. The quantitative estimate of drug-likeness (QED) is 0.357. The second-order valence-electron chi connectivity index (χ2n) is 8.15. The Kier molecular flexibility index (Phi) is 5.66. The third-order valence-electron chi connectivity index (χ3n) is 6.19. The van der Waals surface area contributed by atoms with Gasteiger partial charge in [-0.25, -0.2) is 14.6 Å². The fraction of sp³-hybridized carbons (Fsp3) is 0.304. The molecule has 0 unspecified atom stereocenters. The Bertz CT molecular complexity index is 1410. The van der Waals surface area contributed by atoms with Gasteiger partial charge in [0.15, 0.2) is 6.29 Å². The van der Waals surface area contributed by atoms with E-state index in [9.17, 15) is 14.4 Å². The van der Waals surface area contributed by atoms with Crippen LogP contribution in [0.1, 0.15) is 42.5 Å². The number of aldehydes is 1. The molecule has 1 N–H and O–H groups in total. The van der Waals surface area contributed by atoms with Crippen molar-refractivity contribution < 1.29 is 14.3 Å². The normalized spacial score (nSPS) is 14.3. The molecule has 11 nitrogen and oxygen atoms in total. The number of anilines is 1. The maximum atomic E-state index is 13.7. The van der Waals surface area contributed by atoms with Gasteiger partial charge in [-0.2, -0.15) is 4.68 Å². The number of fused-ring (bicyclic) bond motifs is 1. The average Bonchev–Trinajstić information content (AvgIpc) is 3.51. The highest BCUT2D eigenvalue weighted by molar-refractivity contribution is 5.95. The first kappa shape index (κ1) is 21.6. The zero-order valence-electron chi connectivity index (χ0n) is 18.5. The number of imidazole rings is 1. The van der Waals surface area contributed by atoms with E-state index in [2.05, 4.69) is 20.4 Å². The number of H-pyrrole nitrogens is 1. The van der Waals surface area contributed by atoms with Gasteiger partial charge < -0.3 is 9.72 Å². The number of aromatic amines is 1. The van der Waals surface area contributed by atoms with E-state index < -0.39 is 11.7 Å². The summed E-state index contributed by atoms with van der Waals surface area (Å²) in [4.78, 5) is 47.3. The van der Waals surface area contributed by atoms with E-state index in [4.69, 9.17) is 4.74 Å². The minimum absolute atomic E-state index is 0.137. The van der Waals surface area contributed by atoms with Crippen LogP contribution < -0.4 is 15.3 Å². The summed E-state index contributed by atoms with van der Waals surface area (Å²) < 4.78 is 7.07. The molecule has 1 fully saturated rings. The van der Waals surface area contributed by atoms with Crippen LogP contribution in [0.4, 0.5) is 10.5 Å². The number of hydrogen-bond acceptors (Lipinski definition) is 7. The number of hydrogen-bond donors (Lipinski definition) is 1. The zero-order chi connectivity index (χ0) is 23.7. The predicted molar refractivity (Wildman–Crippen MR) is 124 cm³/mol. The summed E-state index contributed by atoms with van der Waals surface area (Å²) in [6.07, 6.45) is 6.79. The van der Waals surface area contributed by atoms with E-state index in [-0.39, 0.29) is 6.04 Å². The molecule has 34 heavy (non-hydrogen) atoms. The number of rotatable bonds is 5. The fourth-order valence-electron chi connectivity index (χ4n) is 4.53. The highest BCUT2D eigenvalue weighted by atomic mass is 16.5. The Morgan fingerprint density at radius 3 is 2.76 bits per heavy atom. The Morgan fingerprint density at radius 1 is 1.18 bits per heavy atom. The second kappa shape index (κ2) is 8.93. The molecule has 0 radical (unpaired) electrons. The standard InChI is InChI=1S/C23H23N7O4/c1-34-20-11-10-17(12-15(20)13-31)28(16-6-3-2-4-7-16)22(32)30-23(33)29(26-27-30)19-9-5-8-18-21(19)25-14-24-18/h5,8-14,16H,2-4,6-7H2,1H3,(H,24,25). The predicted octanol–water partition coefficient (Wildman–Crippen LogP) is 2.93. The van der Waals surface area contributed by atoms with Crippen molar-refractivity contribution in [3.63, 3.8) is 0 Å². The molecular formula is C23H23N7O4. The highest BCUT2D eigenvalue weighted by Crippen LogP contribution is 2.31. The Labute approximate surface area is 193 Å². The molecule has 5 rings (SSSR count). The van der Waals surface area contributed by atoms with E-state index in [0.29, 0.717) is 40.0 Å². The van der Waals surface area contributed by atoms with Crippen molar-refractivity contribution in [1.29, 1.82) is 0 Å². The van der Waals surface area contributed by atoms with E-state index in [1.54, 1.807) is 41.3 Å². The molecular weight excluding hydrogens is 438 g/mol. The first-order valence-corrected chi connectivity index (χ1v) is 11.1. The van der Waals surface area contributed by atoms with Crippen molar-refractivity contribution in [3.05, 3.63) is 58.8 Å². The average molecular weight is 461 g/mol. The van der Waals surface area contributed by atoms with E-state index in [0.717, 1.165) is 41.5 Å². The van der Waals surface area contributed by atoms with Crippen LogP contribution in [0.2, 0.25) is 0 Å². The van der Waals surface area contributed by atoms with E-state index in [1.165, 1.54) is 13.4 Å². The van der Waals surface area contributed by atoms with Crippen LogP contribution in [-0.4, -0.2) is 55.2 Å². The number of carbonyl (C=O) groups is 2. The minimum atomic E-state index is -0.697. The van der Waals surface area contributed by atoms with Gasteiger partial charge in [-0.05, 0) is 53.6 Å². The topological polar surface area (TPSA) is 128 Å². The number of methoxy groups -OCH3 is 1. The van der Waals surface area contributed by atoms with E-state index >= 15 is 0 Å². The summed E-state index contributed by atoms with van der Waals surface area (Å²) in [5.41, 5.74) is 1.83. The minimum Gasteiger partial charge on any atom is -0.496 e. The summed E-state index contributed by atoms with van der Waals surface area (Å²) in [6.45, 7) is 0. The Balaban J connectivity index is 1.58. The molecule has 2 aromatic heterocycles. The maximum absolute atomic E-state index is 13.7. The van der Waals surface area contributed by atoms with E-state index in [1.807, 2.05) is 0 Å². The monoisotopic (exact) mass is 461 g/mol. The third kappa shape index (κ3) is 3.64. The molecule has 2 aromatic carbocycles. The van der Waals surface area contributed by atoms with Crippen molar-refractivity contribution in [2.75, 3.05) is 12.0 Å². The summed E-state index contributed by atoms with van der Waals surface area (Å²) >= 11 is 0. The molecule has 11 heteroatoms. The molecule has 2 heterocycles. The fourth-order valence-corrected chi connectivity index (χ4v) is 4.53. The van der Waals surface area contributed by atoms with Crippen LogP contribution in [0.3, 0.4) is 0 Å². The first-order chi connectivity index (χ1) is 16.6. The number of ether oxygens (including phenoxy) is 1. The van der Waals surface area contributed by atoms with Crippen molar-refractivity contribution in [2.45, 2.75) is 38.1 Å². The molecule has 1 amide bonds. The number of nitrogens with zero attached hydrogens (tertiary/aromatic N) is 6. The summed E-state index contributed by atoms with van der Waals surface area (Å²) in [6, 6.07) is 9.43. The number of para-hydroxylation sites is 1. The van der Waals surface area contributed by atoms with Crippen molar-refractivity contribution in [2.24, 2.45) is 0 Å². The molecule has 1 saturated carbocycles. The van der Waals surface area contributed by atoms with Gasteiger partial charge in [-0.3, -0.25) is 9.69 Å². The second-order valence-corrected chi connectivity index (χ2v) is 8.15. The highest BCUT2D eigenvalue weighted by Gasteiger charge is 2.31. The molecule has 4 aromatic rings. The van der Waals surface area contributed by atoms with Crippen LogP contribution in [0.5, 0.6) is 5.75 Å². The van der Waals surface area contributed by atoms with Crippen molar-refractivity contribution in [3.8, 4) is 11.4 Å². The van der Waals surface area contributed by atoms with Crippen LogP contribution in [0, 0.1) is 0 Å². The number of amides is 1. The number of carbonyl (C=O) groups excluding carboxylic acids is 2. The summed E-state index contributed by atoms with van der Waals surface area (Å²) in [5.74, 6) is 0.408. The molecule has 174 valence electrons. The van der Waals surface area contributed by atoms with Gasteiger partial charge in [0.2, 0.25) is 0 Å². The lowest BCUT2D eigenvalue weighted by Gasteiger charge is -2.33. The van der Waals surface area contributed by atoms with Crippen LogP contribution in [-0.2, 0) is 0 Å². The number of benzene rings is 2. The molecule has 1 aliphatic rings. The van der Waals surface area contributed by atoms with Gasteiger partial charge in [-0.1, -0.05) is 25.3 Å². The first-order valence-electron chi connectivity index (χ1n) is 11.1. The number of tetrazole rings is 1. The SMILES string of the molecule is COc1ccc(N(C(=O)n2nnn(-c3cccc4nc[nH]c34)c2=O)C2CCCCC2)cc1C=O. The molecule has 0 spiro atoms. The van der Waals surface area contributed by atoms with Gasteiger partial charge in [0.1, 0.15) is 5.75 Å². The van der Waals surface area contributed by atoms with Crippen LogP contribution in [0.25, 0.3) is 16.7 Å². The van der Waals surface area contributed by atoms with Gasteiger partial charge in [0, 0.05) is 11.7 Å². The summed E-state index contributed by atoms with van der Waals surface area (Å²) in [7, 11) is 1.48. The molecule has 0 atom stereocenters. The Morgan fingerprint density at radius 2 is 2.00 bits per heavy atom. The smallest absolute Gasteiger partial charge is 0.377 e.